The molecule has 0 aliphatic carbocycles. The molecule has 0 aliphatic heterocycles. The predicted molar refractivity (Wildman–Crippen MR) is 67.9 cm³/mol. The summed E-state index contributed by atoms with van der Waals surface area (Å²) >= 11 is 8.86. The van der Waals surface area contributed by atoms with Crippen LogP contribution in [0.2, 0.25) is 5.02 Å². The van der Waals surface area contributed by atoms with Crippen LogP contribution in [0.1, 0.15) is 0 Å². The van der Waals surface area contributed by atoms with Crippen molar-refractivity contribution < 1.29 is 9.66 Å². The lowest BCUT2D eigenvalue weighted by Gasteiger charge is -2.05. The molecule has 2 aromatic rings. The molecule has 0 spiro atoms. The van der Waals surface area contributed by atoms with Crippen LogP contribution in [0.5, 0.6) is 11.6 Å². The number of hydrogen-bond donors (Lipinski definition) is 0. The fourth-order valence-corrected chi connectivity index (χ4v) is 1.68. The maximum absolute atomic E-state index is 10.8. The predicted octanol–water partition coefficient (Wildman–Crippen LogP) is 3.59. The van der Waals surface area contributed by atoms with Crippen LogP contribution < -0.4 is 4.74 Å². The lowest BCUT2D eigenvalue weighted by molar-refractivity contribution is -0.386. The number of pyridine rings is 2. The maximum Gasteiger partial charge on any atom is 0.332 e. The molecule has 0 N–H and O–H groups in total. The van der Waals surface area contributed by atoms with E-state index >= 15 is 0 Å². The number of rotatable bonds is 3. The first-order valence-electron chi connectivity index (χ1n) is 4.64. The van der Waals surface area contributed by atoms with Gasteiger partial charge in [-0.15, -0.1) is 0 Å². The Labute approximate surface area is 115 Å². The van der Waals surface area contributed by atoms with Crippen molar-refractivity contribution in [1.29, 1.82) is 0 Å². The van der Waals surface area contributed by atoms with Crippen LogP contribution in [-0.2, 0) is 0 Å². The molecule has 0 amide bonds. The third kappa shape index (κ3) is 2.93. The Bertz CT molecular complexity index is 609. The molecule has 0 saturated carbocycles. The van der Waals surface area contributed by atoms with Gasteiger partial charge in [0, 0.05) is 16.7 Å². The van der Waals surface area contributed by atoms with Gasteiger partial charge in [0.15, 0.2) is 0 Å². The molecule has 0 unspecified atom stereocenters. The van der Waals surface area contributed by atoms with Gasteiger partial charge in [0.25, 0.3) is 5.88 Å². The van der Waals surface area contributed by atoms with E-state index in [0.717, 1.165) is 0 Å². The summed E-state index contributed by atoms with van der Waals surface area (Å²) in [7, 11) is 0. The first kappa shape index (κ1) is 12.7. The first-order valence-corrected chi connectivity index (χ1v) is 5.81. The van der Waals surface area contributed by atoms with E-state index in [1.54, 1.807) is 12.3 Å². The zero-order valence-corrected chi connectivity index (χ0v) is 11.1. The van der Waals surface area contributed by atoms with Gasteiger partial charge in [-0.25, -0.2) is 4.98 Å². The van der Waals surface area contributed by atoms with Gasteiger partial charge >= 0.3 is 5.69 Å². The fourth-order valence-electron chi connectivity index (χ4n) is 1.19. The van der Waals surface area contributed by atoms with Crippen LogP contribution in [0.15, 0.2) is 35.2 Å². The van der Waals surface area contributed by atoms with Gasteiger partial charge in [-0.1, -0.05) is 11.6 Å². The third-order valence-corrected chi connectivity index (χ3v) is 2.53. The number of nitrogens with zero attached hydrogens (tertiary/aromatic N) is 3. The summed E-state index contributed by atoms with van der Waals surface area (Å²) in [5.41, 5.74) is -0.303. The maximum atomic E-state index is 10.8. The van der Waals surface area contributed by atoms with Crippen molar-refractivity contribution in [3.8, 4) is 11.6 Å². The Morgan fingerprint density at radius 2 is 2.11 bits per heavy atom. The number of hydrogen-bond acceptors (Lipinski definition) is 5. The molecule has 0 saturated heterocycles. The van der Waals surface area contributed by atoms with Gasteiger partial charge in [-0.2, -0.15) is 0 Å². The van der Waals surface area contributed by atoms with Crippen molar-refractivity contribution >= 4 is 33.2 Å². The number of ether oxygens (including phenoxy) is 1. The van der Waals surface area contributed by atoms with Crippen LogP contribution in [0.25, 0.3) is 0 Å². The van der Waals surface area contributed by atoms with Gasteiger partial charge in [0.1, 0.15) is 5.75 Å². The van der Waals surface area contributed by atoms with Gasteiger partial charge in [0.05, 0.1) is 22.3 Å². The van der Waals surface area contributed by atoms with Crippen molar-refractivity contribution in [2.75, 3.05) is 0 Å². The molecular formula is C10H5BrClN3O3. The summed E-state index contributed by atoms with van der Waals surface area (Å²) < 4.78 is 5.99. The van der Waals surface area contributed by atoms with E-state index in [-0.39, 0.29) is 16.6 Å². The summed E-state index contributed by atoms with van der Waals surface area (Å²) in [5, 5.41) is 11.0. The van der Waals surface area contributed by atoms with Crippen molar-refractivity contribution in [2.24, 2.45) is 0 Å². The molecule has 0 radical (unpaired) electrons. The van der Waals surface area contributed by atoms with Gasteiger partial charge in [-0.05, 0) is 22.0 Å². The summed E-state index contributed by atoms with van der Waals surface area (Å²) in [5.74, 6) is 0.201. The van der Waals surface area contributed by atoms with E-state index in [4.69, 9.17) is 16.3 Å². The Morgan fingerprint density at radius 1 is 1.33 bits per heavy atom. The minimum Gasteiger partial charge on any atom is -0.432 e. The van der Waals surface area contributed by atoms with E-state index in [1.807, 2.05) is 0 Å². The third-order valence-electron chi connectivity index (χ3n) is 1.89. The van der Waals surface area contributed by atoms with Gasteiger partial charge < -0.3 is 4.74 Å². The van der Waals surface area contributed by atoms with E-state index in [0.29, 0.717) is 10.2 Å². The SMILES string of the molecule is O=[N+]([O-])c1cc(Cl)cnc1Oc1cncc(Br)c1. The second-order valence-electron chi connectivity index (χ2n) is 3.18. The lowest BCUT2D eigenvalue weighted by atomic mass is 10.4. The average molecular weight is 331 g/mol. The molecule has 0 bridgehead atoms. The molecular weight excluding hydrogens is 325 g/mol. The van der Waals surface area contributed by atoms with Crippen molar-refractivity contribution in [3.05, 3.63) is 50.3 Å². The quantitative estimate of drug-likeness (QED) is 0.635. The topological polar surface area (TPSA) is 78.2 Å². The summed E-state index contributed by atoms with van der Waals surface area (Å²) in [6, 6.07) is 2.79. The molecule has 0 atom stereocenters. The van der Waals surface area contributed by atoms with Crippen LogP contribution in [-0.4, -0.2) is 14.9 Å². The van der Waals surface area contributed by atoms with Crippen LogP contribution in [0.3, 0.4) is 0 Å². The molecule has 0 aliphatic rings. The molecule has 6 nitrogen and oxygen atoms in total. The highest BCUT2D eigenvalue weighted by atomic mass is 79.9. The Hall–Kier alpha value is -1.73. The second-order valence-corrected chi connectivity index (χ2v) is 4.53. The highest BCUT2D eigenvalue weighted by molar-refractivity contribution is 9.10. The van der Waals surface area contributed by atoms with E-state index in [9.17, 15) is 10.1 Å². The number of aromatic nitrogens is 2. The highest BCUT2D eigenvalue weighted by Crippen LogP contribution is 2.31. The second kappa shape index (κ2) is 5.28. The summed E-state index contributed by atoms with van der Waals surface area (Å²) in [4.78, 5) is 17.9. The molecule has 2 aromatic heterocycles. The van der Waals surface area contributed by atoms with Gasteiger partial charge in [-0.3, -0.25) is 15.1 Å². The van der Waals surface area contributed by atoms with Crippen molar-refractivity contribution in [3.63, 3.8) is 0 Å². The molecule has 18 heavy (non-hydrogen) atoms. The standard InChI is InChI=1S/C10H5BrClN3O3/c11-6-1-8(5-13-3-6)18-10-9(15(16)17)2-7(12)4-14-10/h1-5H. The first-order chi connectivity index (χ1) is 8.56. The minimum absolute atomic E-state index is 0.135. The van der Waals surface area contributed by atoms with Crippen LogP contribution in [0.4, 0.5) is 5.69 Å². The number of nitro groups is 1. The molecule has 0 aromatic carbocycles. The van der Waals surface area contributed by atoms with Crippen LogP contribution in [0, 0.1) is 10.1 Å². The summed E-state index contributed by atoms with van der Waals surface area (Å²) in [6.07, 6.45) is 4.26. The van der Waals surface area contributed by atoms with Crippen LogP contribution >= 0.6 is 27.5 Å². The summed E-state index contributed by atoms with van der Waals surface area (Å²) in [6.45, 7) is 0. The van der Waals surface area contributed by atoms with E-state index in [1.165, 1.54) is 18.5 Å². The Balaban J connectivity index is 2.37. The fraction of sp³-hybridized carbons (Fsp3) is 0. The Morgan fingerprint density at radius 3 is 2.78 bits per heavy atom. The van der Waals surface area contributed by atoms with Crippen molar-refractivity contribution in [1.82, 2.24) is 9.97 Å². The smallest absolute Gasteiger partial charge is 0.332 e. The largest absolute Gasteiger partial charge is 0.432 e. The molecule has 2 heterocycles. The monoisotopic (exact) mass is 329 g/mol. The molecule has 92 valence electrons. The van der Waals surface area contributed by atoms with Gasteiger partial charge in [0.2, 0.25) is 0 Å². The zero-order valence-electron chi connectivity index (χ0n) is 8.71. The number of halogens is 2. The molecule has 8 heteroatoms. The molecule has 0 fully saturated rings. The normalized spacial score (nSPS) is 10.1. The minimum atomic E-state index is -0.611. The zero-order chi connectivity index (χ0) is 13.1. The average Bonchev–Trinajstić information content (AvgIpc) is 2.31. The Kier molecular flexibility index (Phi) is 3.73. The van der Waals surface area contributed by atoms with Crippen molar-refractivity contribution in [2.45, 2.75) is 0 Å². The molecule has 2 rings (SSSR count). The lowest BCUT2D eigenvalue weighted by Crippen LogP contribution is -1.96. The highest BCUT2D eigenvalue weighted by Gasteiger charge is 2.18. The van der Waals surface area contributed by atoms with E-state index in [2.05, 4.69) is 25.9 Å². The van der Waals surface area contributed by atoms with E-state index < -0.39 is 4.92 Å².